The molecule has 0 fully saturated rings. The Morgan fingerprint density at radius 2 is 0.771 bits per heavy atom. The number of aliphatic hydroxyl groups is 1. The van der Waals surface area contributed by atoms with Crippen LogP contribution in [0.2, 0.25) is 0 Å². The van der Waals surface area contributed by atoms with E-state index in [1.54, 1.807) is 0 Å². The fourth-order valence-corrected chi connectivity index (χ4v) is 7.67. The first kappa shape index (κ1) is 66.4. The van der Waals surface area contributed by atoms with Gasteiger partial charge in [0.05, 0.1) is 19.8 Å². The smallest absolute Gasteiger partial charge is 0.462 e. The van der Waals surface area contributed by atoms with Crippen LogP contribution >= 0.6 is 7.82 Å². The highest BCUT2D eigenvalue weighted by Crippen LogP contribution is 2.43. The van der Waals surface area contributed by atoms with E-state index in [-0.39, 0.29) is 25.9 Å². The van der Waals surface area contributed by atoms with Gasteiger partial charge in [-0.3, -0.25) is 23.4 Å². The van der Waals surface area contributed by atoms with Crippen LogP contribution in [0.25, 0.3) is 0 Å². The lowest BCUT2D eigenvalue weighted by molar-refractivity contribution is -0.161. The van der Waals surface area contributed by atoms with Gasteiger partial charge in [0.15, 0.2) is 6.10 Å². The maximum Gasteiger partial charge on any atom is 0.472 e. The molecule has 70 heavy (non-hydrogen) atoms. The molecule has 3 unspecified atom stereocenters. The molecule has 0 aromatic heterocycles. The van der Waals surface area contributed by atoms with Gasteiger partial charge in [0.2, 0.25) is 0 Å². The van der Waals surface area contributed by atoms with E-state index in [1.807, 2.05) is 12.2 Å². The summed E-state index contributed by atoms with van der Waals surface area (Å²) in [6, 6.07) is 0. The van der Waals surface area contributed by atoms with Crippen molar-refractivity contribution in [2.75, 3.05) is 26.4 Å². The molecule has 0 aromatic rings. The topological polar surface area (TPSA) is 155 Å². The zero-order valence-corrected chi connectivity index (χ0v) is 44.8. The van der Waals surface area contributed by atoms with Gasteiger partial charge < -0.3 is 24.2 Å². The molecular formula is C58H97O11P. The molecule has 0 aliphatic carbocycles. The fraction of sp³-hybridized carbons (Fsp3) is 0.672. The maximum atomic E-state index is 12.8. The number of hydrogen-bond donors (Lipinski definition) is 2. The predicted molar refractivity (Wildman–Crippen MR) is 288 cm³/mol. The number of hydrogen-bond acceptors (Lipinski definition) is 10. The Morgan fingerprint density at radius 1 is 0.414 bits per heavy atom. The summed E-state index contributed by atoms with van der Waals surface area (Å²) in [5, 5.41) is 9.78. The number of carbonyl (C=O) groups excluding carboxylic acids is 3. The largest absolute Gasteiger partial charge is 0.472 e. The van der Waals surface area contributed by atoms with E-state index >= 15 is 0 Å². The molecule has 11 nitrogen and oxygen atoms in total. The normalized spacial score (nSPS) is 14.2. The maximum absolute atomic E-state index is 12.8. The highest BCUT2D eigenvalue weighted by molar-refractivity contribution is 7.47. The van der Waals surface area contributed by atoms with Crippen LogP contribution in [0, 0.1) is 0 Å². The summed E-state index contributed by atoms with van der Waals surface area (Å²) < 4.78 is 39.3. The van der Waals surface area contributed by atoms with E-state index < -0.39 is 57.8 Å². The van der Waals surface area contributed by atoms with Gasteiger partial charge in [-0.2, -0.15) is 0 Å². The van der Waals surface area contributed by atoms with Crippen LogP contribution in [0.5, 0.6) is 0 Å². The Kier molecular flexibility index (Phi) is 49.1. The first-order chi connectivity index (χ1) is 34.2. The van der Waals surface area contributed by atoms with Gasteiger partial charge in [0, 0.05) is 19.3 Å². The molecule has 12 heteroatoms. The van der Waals surface area contributed by atoms with E-state index in [2.05, 4.69) is 106 Å². The van der Waals surface area contributed by atoms with Crippen LogP contribution in [0.3, 0.4) is 0 Å². The van der Waals surface area contributed by atoms with Crippen molar-refractivity contribution >= 4 is 25.7 Å². The molecule has 0 saturated carbocycles. The lowest BCUT2D eigenvalue weighted by atomic mass is 10.1. The van der Waals surface area contributed by atoms with Gasteiger partial charge in [-0.15, -0.1) is 0 Å². The fourth-order valence-electron chi connectivity index (χ4n) is 6.88. The van der Waals surface area contributed by atoms with Crippen molar-refractivity contribution in [1.29, 1.82) is 0 Å². The monoisotopic (exact) mass is 1000 g/mol. The number of rotatable bonds is 49. The van der Waals surface area contributed by atoms with Crippen molar-refractivity contribution in [3.05, 3.63) is 97.2 Å². The molecule has 2 N–H and O–H groups in total. The molecule has 0 amide bonds. The number of carbonyl (C=O) groups is 3. The van der Waals surface area contributed by atoms with Gasteiger partial charge in [0.1, 0.15) is 12.7 Å². The van der Waals surface area contributed by atoms with Gasteiger partial charge >= 0.3 is 25.7 Å². The van der Waals surface area contributed by atoms with E-state index in [9.17, 15) is 28.9 Å². The molecule has 400 valence electrons. The number of phosphoric acid groups is 1. The third kappa shape index (κ3) is 49.4. The summed E-state index contributed by atoms with van der Waals surface area (Å²) in [5.41, 5.74) is 0. The minimum Gasteiger partial charge on any atom is -0.462 e. The van der Waals surface area contributed by atoms with Crippen LogP contribution < -0.4 is 0 Å². The van der Waals surface area contributed by atoms with Crippen LogP contribution in [-0.2, 0) is 42.2 Å². The molecule has 0 bridgehead atoms. The number of esters is 3. The Morgan fingerprint density at radius 3 is 1.26 bits per heavy atom. The van der Waals surface area contributed by atoms with Crippen molar-refractivity contribution in [3.8, 4) is 0 Å². The Bertz CT molecular complexity index is 1540. The minimum atomic E-state index is -4.77. The number of phosphoric ester groups is 1. The summed E-state index contributed by atoms with van der Waals surface area (Å²) in [6.07, 6.45) is 59.7. The predicted octanol–water partition coefficient (Wildman–Crippen LogP) is 15.7. The van der Waals surface area contributed by atoms with Gasteiger partial charge in [-0.25, -0.2) is 4.57 Å². The lowest BCUT2D eigenvalue weighted by Crippen LogP contribution is -2.30. The van der Waals surface area contributed by atoms with E-state index in [0.717, 1.165) is 96.3 Å². The second-order valence-electron chi connectivity index (χ2n) is 17.7. The average Bonchev–Trinajstić information content (AvgIpc) is 3.35. The highest BCUT2D eigenvalue weighted by atomic mass is 31.2. The molecule has 0 saturated heterocycles. The quantitative estimate of drug-likeness (QED) is 0.0197. The van der Waals surface area contributed by atoms with Crippen LogP contribution in [-0.4, -0.2) is 66.5 Å². The summed E-state index contributed by atoms with van der Waals surface area (Å²) in [6.45, 7) is 4.36. The molecule has 0 radical (unpaired) electrons. The van der Waals surface area contributed by atoms with E-state index in [0.29, 0.717) is 25.7 Å². The van der Waals surface area contributed by atoms with Crippen molar-refractivity contribution in [1.82, 2.24) is 0 Å². The molecule has 3 atom stereocenters. The SMILES string of the molecule is CC/C=C\C/C=C\C/C=C\C/C=C\C/C=C\C/C=C\CCC(=O)OC(COC(=O)CCCCCCCCCCC)COP(=O)(O)OCC(CO)OC(=O)CCCCCCC/C=C\C/C=C\CCCCC. The third-order valence-corrected chi connectivity index (χ3v) is 12.0. The van der Waals surface area contributed by atoms with Crippen LogP contribution in [0.4, 0.5) is 0 Å². The van der Waals surface area contributed by atoms with Crippen molar-refractivity contribution < 1.29 is 52.2 Å². The summed E-state index contributed by atoms with van der Waals surface area (Å²) >= 11 is 0. The van der Waals surface area contributed by atoms with E-state index in [4.69, 9.17) is 23.3 Å². The van der Waals surface area contributed by atoms with E-state index in [1.165, 1.54) is 51.4 Å². The first-order valence-electron chi connectivity index (χ1n) is 27.1. The molecular weight excluding hydrogens is 904 g/mol. The summed E-state index contributed by atoms with van der Waals surface area (Å²) in [4.78, 5) is 48.3. The molecule has 0 aliphatic rings. The molecule has 0 rings (SSSR count). The number of unbranched alkanes of at least 4 members (excludes halogenated alkanes) is 16. The standard InChI is InChI=1S/C58H97O11P/c1-4-7-10-13-16-19-21-23-25-26-27-28-30-32-34-37-40-43-46-49-58(62)69-55(51-65-56(60)47-44-41-38-35-18-15-12-9-6-3)53-67-70(63,64)66-52-54(50-59)68-57(61)48-45-42-39-36-33-31-29-24-22-20-17-14-11-8-5-2/h7,10,16-17,19-20,23-25,27-29,32,34,40,43,54-55,59H,4-6,8-9,11-15,18,21-22,26,30-31,33,35-39,41-42,44-53H2,1-3H3,(H,63,64)/b10-7-,19-16-,20-17-,25-23-,28-27-,29-24-,34-32-,43-40-. The van der Waals surface area contributed by atoms with Crippen molar-refractivity contribution in [2.45, 2.75) is 226 Å². The van der Waals surface area contributed by atoms with Gasteiger partial charge in [0.25, 0.3) is 0 Å². The zero-order valence-electron chi connectivity index (χ0n) is 43.9. The minimum absolute atomic E-state index is 0.0388. The summed E-state index contributed by atoms with van der Waals surface area (Å²) in [7, 11) is -4.77. The number of ether oxygens (including phenoxy) is 3. The summed E-state index contributed by atoms with van der Waals surface area (Å²) in [5.74, 6) is -1.59. The third-order valence-electron chi connectivity index (χ3n) is 11.0. The Balaban J connectivity index is 4.80. The van der Waals surface area contributed by atoms with Crippen molar-refractivity contribution in [2.24, 2.45) is 0 Å². The molecule has 0 aromatic carbocycles. The lowest BCUT2D eigenvalue weighted by Gasteiger charge is -2.21. The average molecular weight is 1000 g/mol. The first-order valence-corrected chi connectivity index (χ1v) is 28.6. The van der Waals surface area contributed by atoms with Gasteiger partial charge in [-0.1, -0.05) is 201 Å². The van der Waals surface area contributed by atoms with Gasteiger partial charge in [-0.05, 0) is 89.9 Å². The molecule has 0 spiro atoms. The van der Waals surface area contributed by atoms with Crippen molar-refractivity contribution in [3.63, 3.8) is 0 Å². The second-order valence-corrected chi connectivity index (χ2v) is 19.1. The highest BCUT2D eigenvalue weighted by Gasteiger charge is 2.28. The Hall–Kier alpha value is -3.60. The number of allylic oxidation sites excluding steroid dienone is 16. The number of aliphatic hydroxyl groups excluding tert-OH is 1. The molecule has 0 aliphatic heterocycles. The Labute approximate surface area is 425 Å². The molecule has 0 heterocycles. The van der Waals surface area contributed by atoms with Crippen LogP contribution in [0.1, 0.15) is 213 Å². The van der Waals surface area contributed by atoms with Crippen LogP contribution in [0.15, 0.2) is 97.2 Å². The second kappa shape index (κ2) is 51.7. The zero-order chi connectivity index (χ0) is 51.3.